The van der Waals surface area contributed by atoms with E-state index < -0.39 is 0 Å². The first-order valence-electron chi connectivity index (χ1n) is 8.72. The van der Waals surface area contributed by atoms with Crippen LogP contribution in [0.3, 0.4) is 0 Å². The van der Waals surface area contributed by atoms with Gasteiger partial charge in [-0.1, -0.05) is 0 Å². The Morgan fingerprint density at radius 3 is 2.96 bits per heavy atom. The Labute approximate surface area is 143 Å². The molecule has 0 radical (unpaired) electrons. The number of urea groups is 1. The minimum Gasteiger partial charge on any atom is -0.371 e. The zero-order valence-corrected chi connectivity index (χ0v) is 14.7. The van der Waals surface area contributed by atoms with Gasteiger partial charge in [-0.25, -0.2) is 4.79 Å². The highest BCUT2D eigenvalue weighted by atomic mass is 16.5. The van der Waals surface area contributed by atoms with Crippen molar-refractivity contribution in [3.05, 3.63) is 17.8 Å². The first kappa shape index (κ1) is 17.0. The Kier molecular flexibility index (Phi) is 4.89. The van der Waals surface area contributed by atoms with Crippen molar-refractivity contribution in [1.82, 2.24) is 20.4 Å². The number of hydrogen-bond acceptors (Lipinski definition) is 5. The molecule has 0 aliphatic carbocycles. The van der Waals surface area contributed by atoms with Crippen LogP contribution in [0.2, 0.25) is 0 Å². The van der Waals surface area contributed by atoms with E-state index in [0.717, 1.165) is 37.3 Å². The van der Waals surface area contributed by atoms with E-state index in [-0.39, 0.29) is 23.7 Å². The molecule has 2 N–H and O–H groups in total. The van der Waals surface area contributed by atoms with E-state index in [1.807, 2.05) is 37.8 Å². The van der Waals surface area contributed by atoms with Crippen LogP contribution in [-0.4, -0.2) is 58.5 Å². The number of carbonyl (C=O) groups is 1. The molecule has 3 heterocycles. The van der Waals surface area contributed by atoms with Crippen LogP contribution in [0.5, 0.6) is 0 Å². The predicted molar refractivity (Wildman–Crippen MR) is 92.0 cm³/mol. The maximum absolute atomic E-state index is 12.3. The zero-order chi connectivity index (χ0) is 17.2. The molecule has 2 saturated heterocycles. The lowest BCUT2D eigenvalue weighted by molar-refractivity contribution is -0.0410. The Morgan fingerprint density at radius 1 is 1.42 bits per heavy atom. The van der Waals surface area contributed by atoms with Crippen molar-refractivity contribution in [1.29, 1.82) is 0 Å². The van der Waals surface area contributed by atoms with E-state index in [2.05, 4.69) is 20.8 Å². The summed E-state index contributed by atoms with van der Waals surface area (Å²) in [4.78, 5) is 14.2. The van der Waals surface area contributed by atoms with E-state index >= 15 is 0 Å². The van der Waals surface area contributed by atoms with Crippen molar-refractivity contribution < 1.29 is 9.53 Å². The molecule has 1 spiro atoms. The van der Waals surface area contributed by atoms with Crippen molar-refractivity contribution in [2.24, 2.45) is 0 Å². The Bertz CT molecular complexity index is 577. The second-order valence-electron chi connectivity index (χ2n) is 7.23. The summed E-state index contributed by atoms with van der Waals surface area (Å²) < 4.78 is 6.14. The molecule has 7 nitrogen and oxygen atoms in total. The van der Waals surface area contributed by atoms with E-state index in [4.69, 9.17) is 4.74 Å². The summed E-state index contributed by atoms with van der Waals surface area (Å²) in [6, 6.07) is 4.24. The largest absolute Gasteiger partial charge is 0.371 e. The fourth-order valence-corrected chi connectivity index (χ4v) is 3.52. The van der Waals surface area contributed by atoms with Gasteiger partial charge in [-0.3, -0.25) is 0 Å². The number of anilines is 1. The first-order valence-corrected chi connectivity index (χ1v) is 8.72. The summed E-state index contributed by atoms with van der Waals surface area (Å²) in [6.45, 7) is 7.96. The molecule has 1 aromatic rings. The summed E-state index contributed by atoms with van der Waals surface area (Å²) in [7, 11) is 0. The summed E-state index contributed by atoms with van der Waals surface area (Å²) in [5, 5.41) is 14.6. The van der Waals surface area contributed by atoms with Gasteiger partial charge >= 0.3 is 6.03 Å². The van der Waals surface area contributed by atoms with Crippen molar-refractivity contribution in [2.75, 3.05) is 25.0 Å². The highest BCUT2D eigenvalue weighted by Crippen LogP contribution is 2.35. The van der Waals surface area contributed by atoms with Gasteiger partial charge in [0.25, 0.3) is 0 Å². The molecular weight excluding hydrogens is 306 g/mol. The quantitative estimate of drug-likeness (QED) is 0.884. The second kappa shape index (κ2) is 6.93. The Balaban J connectivity index is 1.58. The van der Waals surface area contributed by atoms with Crippen LogP contribution in [0.15, 0.2) is 12.1 Å². The van der Waals surface area contributed by atoms with Crippen molar-refractivity contribution >= 4 is 11.8 Å². The van der Waals surface area contributed by atoms with Crippen molar-refractivity contribution in [3.8, 4) is 0 Å². The summed E-state index contributed by atoms with van der Waals surface area (Å²) in [5.74, 6) is 0.775. The van der Waals surface area contributed by atoms with E-state index in [1.54, 1.807) is 0 Å². The summed E-state index contributed by atoms with van der Waals surface area (Å²) >= 11 is 0. The van der Waals surface area contributed by atoms with Gasteiger partial charge in [-0.15, -0.1) is 5.10 Å². The van der Waals surface area contributed by atoms with Gasteiger partial charge in [0.15, 0.2) is 0 Å². The minimum atomic E-state index is -0.234. The van der Waals surface area contributed by atoms with Crippen LogP contribution in [-0.2, 0) is 4.74 Å². The Morgan fingerprint density at radius 2 is 2.25 bits per heavy atom. The third-order valence-electron chi connectivity index (χ3n) is 4.60. The normalized spacial score (nSPS) is 26.8. The maximum atomic E-state index is 12.3. The molecule has 2 unspecified atom stereocenters. The van der Waals surface area contributed by atoms with Gasteiger partial charge in [0.1, 0.15) is 5.82 Å². The zero-order valence-electron chi connectivity index (χ0n) is 14.7. The van der Waals surface area contributed by atoms with E-state index in [1.165, 1.54) is 0 Å². The highest BCUT2D eigenvalue weighted by Gasteiger charge is 2.44. The molecule has 2 amide bonds. The molecule has 0 saturated carbocycles. The molecule has 0 aromatic carbocycles. The lowest BCUT2D eigenvalue weighted by Crippen LogP contribution is -2.54. The number of hydrogen-bond donors (Lipinski definition) is 2. The second-order valence-corrected chi connectivity index (χ2v) is 7.23. The molecular formula is C17H27N5O2. The number of aromatic nitrogens is 2. The van der Waals surface area contributed by atoms with E-state index in [0.29, 0.717) is 13.2 Å². The number of nitrogens with one attached hydrogen (secondary N) is 2. The number of likely N-dealkylation sites (tertiary alicyclic amines) is 1. The number of aryl methyl sites for hydroxylation is 1. The third-order valence-corrected chi connectivity index (χ3v) is 4.60. The Hall–Kier alpha value is -1.89. The minimum absolute atomic E-state index is 0.00786. The highest BCUT2D eigenvalue weighted by molar-refractivity contribution is 5.74. The third kappa shape index (κ3) is 3.95. The maximum Gasteiger partial charge on any atom is 0.317 e. The van der Waals surface area contributed by atoms with E-state index in [9.17, 15) is 4.79 Å². The van der Waals surface area contributed by atoms with Crippen LogP contribution >= 0.6 is 0 Å². The first-order chi connectivity index (χ1) is 11.5. The number of ether oxygens (including phenoxy) is 1. The molecule has 24 heavy (non-hydrogen) atoms. The van der Waals surface area contributed by atoms with Crippen molar-refractivity contribution in [2.45, 2.75) is 57.7 Å². The van der Waals surface area contributed by atoms with Crippen molar-refractivity contribution in [3.63, 3.8) is 0 Å². The number of rotatable bonds is 3. The fraction of sp³-hybridized carbons (Fsp3) is 0.706. The summed E-state index contributed by atoms with van der Waals surface area (Å²) in [6.07, 6.45) is 2.85. The van der Waals surface area contributed by atoms with Crippen LogP contribution in [0.25, 0.3) is 0 Å². The lowest BCUT2D eigenvalue weighted by atomic mass is 9.89. The van der Waals surface area contributed by atoms with Gasteiger partial charge in [0.2, 0.25) is 0 Å². The molecule has 132 valence electrons. The standard InChI is InChI=1S/C17H27N5O2/c1-12(2)18-16(23)22-8-4-7-17(11-22)9-14(10-24-17)19-15-6-5-13(3)20-21-15/h5-6,12,14H,4,7-11H2,1-3H3,(H,18,23)(H,19,21). The molecule has 2 fully saturated rings. The summed E-state index contributed by atoms with van der Waals surface area (Å²) in [5.41, 5.74) is 0.668. The van der Waals surface area contributed by atoms with Crippen LogP contribution in [0, 0.1) is 6.92 Å². The smallest absolute Gasteiger partial charge is 0.317 e. The van der Waals surface area contributed by atoms with Gasteiger partial charge in [-0.05, 0) is 45.7 Å². The molecule has 2 atom stereocenters. The average Bonchev–Trinajstić information content (AvgIpc) is 2.91. The number of piperidine rings is 1. The SMILES string of the molecule is Cc1ccc(NC2COC3(CCCN(C(=O)NC(C)C)C3)C2)nn1. The van der Waals surface area contributed by atoms with Gasteiger partial charge in [0.05, 0.1) is 30.5 Å². The number of nitrogens with zero attached hydrogens (tertiary/aromatic N) is 3. The topological polar surface area (TPSA) is 79.4 Å². The number of amides is 2. The fourth-order valence-electron chi connectivity index (χ4n) is 3.52. The van der Waals surface area contributed by atoms with Crippen LogP contribution in [0.4, 0.5) is 10.6 Å². The van der Waals surface area contributed by atoms with Gasteiger partial charge in [-0.2, -0.15) is 5.10 Å². The molecule has 7 heteroatoms. The molecule has 1 aromatic heterocycles. The van der Waals surface area contributed by atoms with Gasteiger partial charge in [0, 0.05) is 19.0 Å². The molecule has 2 aliphatic rings. The lowest BCUT2D eigenvalue weighted by Gasteiger charge is -2.39. The van der Waals surface area contributed by atoms with Gasteiger partial charge < -0.3 is 20.3 Å². The molecule has 3 rings (SSSR count). The molecule has 0 bridgehead atoms. The predicted octanol–water partition coefficient (Wildman–Crippen LogP) is 1.94. The molecule has 2 aliphatic heterocycles. The number of carbonyl (C=O) groups excluding carboxylic acids is 1. The monoisotopic (exact) mass is 333 g/mol. The van der Waals surface area contributed by atoms with Crippen LogP contribution in [0.1, 0.15) is 38.8 Å². The average molecular weight is 333 g/mol. The van der Waals surface area contributed by atoms with Crippen LogP contribution < -0.4 is 10.6 Å².